The first-order chi connectivity index (χ1) is 14.7. The molecule has 160 valence electrons. The van der Waals surface area contributed by atoms with E-state index in [1.165, 1.54) is 18.4 Å². The number of nitrogen functional groups attached to an aromatic ring is 1. The van der Waals surface area contributed by atoms with Crippen molar-refractivity contribution in [3.8, 4) is 11.5 Å². The summed E-state index contributed by atoms with van der Waals surface area (Å²) in [6.07, 6.45) is 6.23. The van der Waals surface area contributed by atoms with Gasteiger partial charge in [0.25, 0.3) is 0 Å². The van der Waals surface area contributed by atoms with Crippen molar-refractivity contribution in [2.75, 3.05) is 51.8 Å². The molecule has 2 fully saturated rings. The van der Waals surface area contributed by atoms with Gasteiger partial charge < -0.3 is 15.2 Å². The molecule has 0 amide bonds. The first kappa shape index (κ1) is 19.5. The molecule has 2 N–H and O–H groups in total. The van der Waals surface area contributed by atoms with Crippen LogP contribution in [0.25, 0.3) is 0 Å². The first-order valence-corrected chi connectivity index (χ1v) is 10.9. The minimum atomic E-state index is 0.335. The van der Waals surface area contributed by atoms with Crippen LogP contribution in [0.5, 0.6) is 11.5 Å². The Morgan fingerprint density at radius 1 is 0.900 bits per heavy atom. The number of fused-ring (bicyclic) bond motifs is 1. The Hall–Kier alpha value is -2.42. The van der Waals surface area contributed by atoms with Crippen LogP contribution in [0.15, 0.2) is 30.6 Å². The third kappa shape index (κ3) is 4.50. The van der Waals surface area contributed by atoms with Gasteiger partial charge >= 0.3 is 0 Å². The van der Waals surface area contributed by atoms with Crippen LogP contribution in [0.3, 0.4) is 0 Å². The van der Waals surface area contributed by atoms with E-state index in [1.54, 1.807) is 0 Å². The Kier molecular flexibility index (Phi) is 5.70. The Morgan fingerprint density at radius 2 is 1.67 bits per heavy atom. The van der Waals surface area contributed by atoms with Crippen molar-refractivity contribution in [2.24, 2.45) is 0 Å². The highest BCUT2D eigenvalue weighted by atomic mass is 16.7. The SMILES string of the molecule is Nc1ncc(CN2CCCC(N3CCN(Cc4ccc5c(c4)OCO5)CC3)C2)cn1. The summed E-state index contributed by atoms with van der Waals surface area (Å²) >= 11 is 0. The van der Waals surface area contributed by atoms with E-state index >= 15 is 0 Å². The molecule has 0 bridgehead atoms. The fourth-order valence-electron chi connectivity index (χ4n) is 4.76. The van der Waals surface area contributed by atoms with Gasteiger partial charge in [-0.05, 0) is 37.1 Å². The maximum absolute atomic E-state index is 5.60. The zero-order valence-corrected chi connectivity index (χ0v) is 17.4. The van der Waals surface area contributed by atoms with Gasteiger partial charge in [0.1, 0.15) is 0 Å². The lowest BCUT2D eigenvalue weighted by molar-refractivity contribution is 0.0477. The molecule has 1 aromatic heterocycles. The van der Waals surface area contributed by atoms with Gasteiger partial charge in [-0.1, -0.05) is 6.07 Å². The summed E-state index contributed by atoms with van der Waals surface area (Å²) in [4.78, 5) is 16.0. The third-order valence-electron chi connectivity index (χ3n) is 6.38. The number of piperazine rings is 1. The van der Waals surface area contributed by atoms with Crippen molar-refractivity contribution in [3.63, 3.8) is 0 Å². The average molecular weight is 411 g/mol. The molecule has 2 aromatic rings. The lowest BCUT2D eigenvalue weighted by Crippen LogP contribution is -2.54. The van der Waals surface area contributed by atoms with Crippen molar-refractivity contribution in [1.29, 1.82) is 0 Å². The topological polar surface area (TPSA) is 80.0 Å². The largest absolute Gasteiger partial charge is 0.454 e. The summed E-state index contributed by atoms with van der Waals surface area (Å²) < 4.78 is 10.9. The third-order valence-corrected chi connectivity index (χ3v) is 6.38. The molecule has 0 radical (unpaired) electrons. The second-order valence-electron chi connectivity index (χ2n) is 8.48. The van der Waals surface area contributed by atoms with Gasteiger partial charge in [0.15, 0.2) is 11.5 Å². The van der Waals surface area contributed by atoms with Gasteiger partial charge in [-0.15, -0.1) is 0 Å². The fourth-order valence-corrected chi connectivity index (χ4v) is 4.76. The van der Waals surface area contributed by atoms with E-state index in [1.807, 2.05) is 18.5 Å². The molecule has 30 heavy (non-hydrogen) atoms. The molecule has 8 nitrogen and oxygen atoms in total. The van der Waals surface area contributed by atoms with Crippen LogP contribution in [-0.2, 0) is 13.1 Å². The number of benzene rings is 1. The molecular formula is C22H30N6O2. The minimum Gasteiger partial charge on any atom is -0.454 e. The molecular weight excluding hydrogens is 380 g/mol. The Labute approximate surface area is 177 Å². The van der Waals surface area contributed by atoms with Crippen LogP contribution in [-0.4, -0.2) is 76.8 Å². The molecule has 5 rings (SSSR count). The predicted octanol–water partition coefficient (Wildman–Crippen LogP) is 1.57. The molecule has 0 saturated carbocycles. The molecule has 2 saturated heterocycles. The molecule has 8 heteroatoms. The fraction of sp³-hybridized carbons (Fsp3) is 0.545. The number of likely N-dealkylation sites (tertiary alicyclic amines) is 1. The van der Waals surface area contributed by atoms with E-state index in [0.29, 0.717) is 18.8 Å². The van der Waals surface area contributed by atoms with Gasteiger partial charge in [0, 0.05) is 69.8 Å². The van der Waals surface area contributed by atoms with E-state index in [9.17, 15) is 0 Å². The number of nitrogens with zero attached hydrogens (tertiary/aromatic N) is 5. The quantitative estimate of drug-likeness (QED) is 0.796. The summed E-state index contributed by atoms with van der Waals surface area (Å²) in [5.41, 5.74) is 8.04. The van der Waals surface area contributed by atoms with Crippen LogP contribution >= 0.6 is 0 Å². The Bertz CT molecular complexity index is 853. The van der Waals surface area contributed by atoms with Crippen LogP contribution in [0, 0.1) is 0 Å². The average Bonchev–Trinajstić information content (AvgIpc) is 3.24. The lowest BCUT2D eigenvalue weighted by Gasteiger charge is -2.43. The van der Waals surface area contributed by atoms with Crippen molar-refractivity contribution in [1.82, 2.24) is 24.7 Å². The summed E-state index contributed by atoms with van der Waals surface area (Å²) in [6, 6.07) is 6.94. The lowest BCUT2D eigenvalue weighted by atomic mass is 10.0. The molecule has 3 aliphatic rings. The normalized spacial score (nSPS) is 23.0. The number of hydrogen-bond acceptors (Lipinski definition) is 8. The van der Waals surface area contributed by atoms with Gasteiger partial charge in [0.05, 0.1) is 0 Å². The van der Waals surface area contributed by atoms with E-state index < -0.39 is 0 Å². The van der Waals surface area contributed by atoms with Crippen molar-refractivity contribution >= 4 is 5.95 Å². The Balaban J connectivity index is 1.11. The number of nitrogens with two attached hydrogens (primary N) is 1. The zero-order chi connectivity index (χ0) is 20.3. The maximum atomic E-state index is 5.60. The van der Waals surface area contributed by atoms with E-state index in [0.717, 1.165) is 69.4 Å². The van der Waals surface area contributed by atoms with Crippen molar-refractivity contribution < 1.29 is 9.47 Å². The summed E-state index contributed by atoms with van der Waals surface area (Å²) in [7, 11) is 0. The number of ether oxygens (including phenoxy) is 2. The van der Waals surface area contributed by atoms with Crippen LogP contribution in [0.4, 0.5) is 5.95 Å². The molecule has 4 heterocycles. The standard InChI is InChI=1S/C22H30N6O2/c23-22-24-11-18(12-25-22)14-27-5-1-2-19(15-27)28-8-6-26(7-9-28)13-17-3-4-20-21(10-17)30-16-29-20/h3-4,10-12,19H,1-2,5-9,13-16H2,(H2,23,24,25). The van der Waals surface area contributed by atoms with Crippen molar-refractivity contribution in [3.05, 3.63) is 41.7 Å². The second kappa shape index (κ2) is 8.75. The van der Waals surface area contributed by atoms with E-state index in [4.69, 9.17) is 15.2 Å². The van der Waals surface area contributed by atoms with Crippen LogP contribution in [0.1, 0.15) is 24.0 Å². The smallest absolute Gasteiger partial charge is 0.231 e. The summed E-state index contributed by atoms with van der Waals surface area (Å²) in [6.45, 7) is 8.95. The molecule has 3 aliphatic heterocycles. The molecule has 0 spiro atoms. The molecule has 1 aromatic carbocycles. The number of hydrogen-bond donors (Lipinski definition) is 1. The first-order valence-electron chi connectivity index (χ1n) is 10.9. The number of rotatable bonds is 5. The Morgan fingerprint density at radius 3 is 2.50 bits per heavy atom. The molecule has 0 aliphatic carbocycles. The summed E-state index contributed by atoms with van der Waals surface area (Å²) in [5, 5.41) is 0. The molecule has 1 atom stereocenters. The maximum Gasteiger partial charge on any atom is 0.231 e. The van der Waals surface area contributed by atoms with Gasteiger partial charge in [-0.2, -0.15) is 0 Å². The highest BCUT2D eigenvalue weighted by molar-refractivity contribution is 5.44. The highest BCUT2D eigenvalue weighted by Crippen LogP contribution is 2.33. The second-order valence-corrected chi connectivity index (χ2v) is 8.48. The van der Waals surface area contributed by atoms with Gasteiger partial charge in [0.2, 0.25) is 12.7 Å². The van der Waals surface area contributed by atoms with Crippen LogP contribution in [0.2, 0.25) is 0 Å². The number of aromatic nitrogens is 2. The minimum absolute atomic E-state index is 0.335. The molecule has 1 unspecified atom stereocenters. The van der Waals surface area contributed by atoms with Crippen LogP contribution < -0.4 is 15.2 Å². The number of piperidine rings is 1. The van der Waals surface area contributed by atoms with Gasteiger partial charge in [-0.25, -0.2) is 9.97 Å². The monoisotopic (exact) mass is 410 g/mol. The number of anilines is 1. The van der Waals surface area contributed by atoms with E-state index in [2.05, 4.69) is 36.8 Å². The predicted molar refractivity (Wildman–Crippen MR) is 114 cm³/mol. The van der Waals surface area contributed by atoms with Gasteiger partial charge in [-0.3, -0.25) is 14.7 Å². The highest BCUT2D eigenvalue weighted by Gasteiger charge is 2.28. The summed E-state index contributed by atoms with van der Waals surface area (Å²) in [5.74, 6) is 2.07. The van der Waals surface area contributed by atoms with Crippen molar-refractivity contribution in [2.45, 2.75) is 32.0 Å². The zero-order valence-electron chi connectivity index (χ0n) is 17.4. The van der Waals surface area contributed by atoms with E-state index in [-0.39, 0.29) is 0 Å².